The number of allylic oxidation sites excluding steroid dienone is 3. The minimum Gasteiger partial charge on any atom is -0.340 e. The van der Waals surface area contributed by atoms with E-state index in [4.69, 9.17) is 0 Å². The molecular formula is C27H31N2O2+. The summed E-state index contributed by atoms with van der Waals surface area (Å²) < 4.78 is 0. The molecule has 0 radical (unpaired) electrons. The molecule has 0 bridgehead atoms. The first-order valence-electron chi connectivity index (χ1n) is 10.6. The lowest BCUT2D eigenvalue weighted by atomic mass is 9.63. The predicted molar refractivity (Wildman–Crippen MR) is 129 cm³/mol. The van der Waals surface area contributed by atoms with E-state index in [0.717, 1.165) is 24.0 Å². The van der Waals surface area contributed by atoms with Gasteiger partial charge in [0.15, 0.2) is 0 Å². The zero-order valence-electron chi connectivity index (χ0n) is 18.6. The summed E-state index contributed by atoms with van der Waals surface area (Å²) >= 11 is 0. The third kappa shape index (κ3) is 4.30. The number of fused-ring (bicyclic) bond motifs is 1. The van der Waals surface area contributed by atoms with Crippen molar-refractivity contribution in [1.82, 2.24) is 0 Å². The minimum absolute atomic E-state index is 0.0842. The third-order valence-electron chi connectivity index (χ3n) is 6.56. The quantitative estimate of drug-likeness (QED) is 0.309. The number of non-ortho nitro benzene ring substituents is 1. The number of quaternary nitrogens is 1. The van der Waals surface area contributed by atoms with Crippen molar-refractivity contribution >= 4 is 23.4 Å². The number of nitrogens with two attached hydrogens (primary N) is 1. The van der Waals surface area contributed by atoms with E-state index in [1.54, 1.807) is 12.1 Å². The Morgan fingerprint density at radius 2 is 2.03 bits per heavy atom. The molecule has 2 aromatic rings. The molecular weight excluding hydrogens is 384 g/mol. The summed E-state index contributed by atoms with van der Waals surface area (Å²) in [5.41, 5.74) is 2.72. The van der Waals surface area contributed by atoms with Gasteiger partial charge in [0, 0.05) is 29.5 Å². The molecule has 2 N–H and O–H groups in total. The van der Waals surface area contributed by atoms with Gasteiger partial charge in [-0.15, -0.1) is 6.58 Å². The topological polar surface area (TPSA) is 59.8 Å². The van der Waals surface area contributed by atoms with Crippen LogP contribution in [0.5, 0.6) is 0 Å². The molecule has 0 saturated heterocycles. The first-order valence-corrected chi connectivity index (χ1v) is 10.6. The van der Waals surface area contributed by atoms with E-state index in [1.807, 2.05) is 24.3 Å². The van der Waals surface area contributed by atoms with Crippen molar-refractivity contribution in [2.24, 2.45) is 5.41 Å². The molecule has 0 amide bonds. The molecule has 1 aliphatic rings. The number of rotatable bonds is 8. The average Bonchev–Trinajstić information content (AvgIpc) is 2.77. The highest BCUT2D eigenvalue weighted by Gasteiger charge is 2.44. The zero-order valence-corrected chi connectivity index (χ0v) is 18.6. The second-order valence-corrected chi connectivity index (χ2v) is 8.61. The van der Waals surface area contributed by atoms with Gasteiger partial charge < -0.3 is 5.32 Å². The van der Waals surface area contributed by atoms with Crippen LogP contribution in [0.1, 0.15) is 32.3 Å². The van der Waals surface area contributed by atoms with Crippen LogP contribution in [-0.4, -0.2) is 17.5 Å². The summed E-state index contributed by atoms with van der Waals surface area (Å²) in [4.78, 5) is 10.7. The second-order valence-electron chi connectivity index (χ2n) is 8.61. The van der Waals surface area contributed by atoms with Gasteiger partial charge in [-0.25, -0.2) is 0 Å². The van der Waals surface area contributed by atoms with E-state index in [-0.39, 0.29) is 21.6 Å². The highest BCUT2D eigenvalue weighted by Crippen LogP contribution is 2.45. The standard InChI is InChI=1S/C27H30N2O2/c1-6-17-26(3,20(2)14-15-21-10-9-12-23(19-21)29(30)31)25-24-13-8-7-11-22(24)16-18-27(25,4)28-5/h6-16,19,28H,1-2,17-18H2,3-5H3/p+1/b15-14+. The Kier molecular flexibility index (Phi) is 6.42. The van der Waals surface area contributed by atoms with E-state index in [9.17, 15) is 10.1 Å². The van der Waals surface area contributed by atoms with Crippen LogP contribution in [0.25, 0.3) is 17.7 Å². The predicted octanol–water partition coefficient (Wildman–Crippen LogP) is 3.73. The van der Waals surface area contributed by atoms with Crippen LogP contribution in [0.4, 0.5) is 5.69 Å². The maximum absolute atomic E-state index is 11.1. The Hall–Kier alpha value is -3.24. The summed E-state index contributed by atoms with van der Waals surface area (Å²) in [6.45, 7) is 13.0. The molecule has 0 fully saturated rings. The molecule has 0 heterocycles. The normalized spacial score (nSPS) is 19.9. The van der Waals surface area contributed by atoms with Crippen LogP contribution in [-0.2, 0) is 0 Å². The minimum atomic E-state index is -0.373. The first kappa shape index (κ1) is 22.4. The smallest absolute Gasteiger partial charge is 0.270 e. The van der Waals surface area contributed by atoms with Crippen molar-refractivity contribution in [3.05, 3.63) is 106 Å². The Morgan fingerprint density at radius 3 is 2.71 bits per heavy atom. The Morgan fingerprint density at radius 1 is 1.29 bits per heavy atom. The van der Waals surface area contributed by atoms with Crippen LogP contribution in [0.15, 0.2) is 79.4 Å². The Balaban J connectivity index is 2.14. The summed E-state index contributed by atoms with van der Waals surface area (Å²) in [5.74, 6) is 0. The van der Waals surface area contributed by atoms with E-state index in [2.05, 4.69) is 69.7 Å². The maximum Gasteiger partial charge on any atom is 0.270 e. The fraction of sp³-hybridized carbons (Fsp3) is 0.259. The van der Waals surface area contributed by atoms with Crippen LogP contribution in [0.2, 0.25) is 0 Å². The molecule has 0 spiro atoms. The summed E-state index contributed by atoms with van der Waals surface area (Å²) in [6.07, 6.45) is 9.85. The molecule has 4 nitrogen and oxygen atoms in total. The van der Waals surface area contributed by atoms with Crippen molar-refractivity contribution in [1.29, 1.82) is 0 Å². The first-order chi connectivity index (χ1) is 14.7. The van der Waals surface area contributed by atoms with Gasteiger partial charge in [0.1, 0.15) is 5.54 Å². The number of benzene rings is 2. The lowest BCUT2D eigenvalue weighted by molar-refractivity contribution is -0.684. The lowest BCUT2D eigenvalue weighted by Gasteiger charge is -2.42. The van der Waals surface area contributed by atoms with Gasteiger partial charge in [-0.05, 0) is 34.9 Å². The van der Waals surface area contributed by atoms with Crippen LogP contribution in [0.3, 0.4) is 0 Å². The fourth-order valence-electron chi connectivity index (χ4n) is 4.63. The number of hydrogen-bond donors (Lipinski definition) is 1. The molecule has 2 unspecified atom stereocenters. The van der Waals surface area contributed by atoms with Crippen molar-refractivity contribution in [2.75, 3.05) is 7.05 Å². The zero-order chi connectivity index (χ0) is 22.6. The van der Waals surface area contributed by atoms with Crippen molar-refractivity contribution in [2.45, 2.75) is 32.2 Å². The van der Waals surface area contributed by atoms with Crippen molar-refractivity contribution in [3.63, 3.8) is 0 Å². The van der Waals surface area contributed by atoms with Crippen molar-refractivity contribution < 1.29 is 10.2 Å². The maximum atomic E-state index is 11.1. The van der Waals surface area contributed by atoms with E-state index in [0.29, 0.717) is 0 Å². The molecule has 0 saturated carbocycles. The third-order valence-corrected chi connectivity index (χ3v) is 6.56. The molecule has 2 aromatic carbocycles. The highest BCUT2D eigenvalue weighted by molar-refractivity contribution is 5.70. The van der Waals surface area contributed by atoms with Crippen molar-refractivity contribution in [3.8, 4) is 0 Å². The van der Waals surface area contributed by atoms with Gasteiger partial charge in [0.05, 0.1) is 12.0 Å². The molecule has 0 aromatic heterocycles. The van der Waals surface area contributed by atoms with Gasteiger partial charge in [-0.1, -0.05) is 74.2 Å². The van der Waals surface area contributed by atoms with Gasteiger partial charge in [0.25, 0.3) is 5.69 Å². The van der Waals surface area contributed by atoms with E-state index in [1.165, 1.54) is 22.1 Å². The molecule has 31 heavy (non-hydrogen) atoms. The number of nitro benzene ring substituents is 1. The van der Waals surface area contributed by atoms with Crippen LogP contribution in [0, 0.1) is 15.5 Å². The monoisotopic (exact) mass is 415 g/mol. The largest absolute Gasteiger partial charge is 0.340 e. The van der Waals surface area contributed by atoms with E-state index < -0.39 is 0 Å². The summed E-state index contributed by atoms with van der Waals surface area (Å²) in [6, 6.07) is 15.2. The van der Waals surface area contributed by atoms with Crippen LogP contribution >= 0.6 is 0 Å². The van der Waals surface area contributed by atoms with Gasteiger partial charge in [0.2, 0.25) is 0 Å². The van der Waals surface area contributed by atoms with Crippen LogP contribution < -0.4 is 15.8 Å². The highest BCUT2D eigenvalue weighted by atomic mass is 16.6. The Labute approximate surface area is 184 Å². The molecule has 4 heteroatoms. The van der Waals surface area contributed by atoms with E-state index >= 15 is 0 Å². The summed E-state index contributed by atoms with van der Waals surface area (Å²) in [7, 11) is 2.12. The number of hydrogen-bond acceptors (Lipinski definition) is 2. The number of nitrogens with zero attached hydrogens (tertiary/aromatic N) is 1. The van der Waals surface area contributed by atoms with Gasteiger partial charge in [-0.2, -0.15) is 0 Å². The Bertz CT molecular complexity index is 1180. The molecule has 3 rings (SSSR count). The van der Waals surface area contributed by atoms with Gasteiger partial charge >= 0.3 is 0 Å². The molecule has 0 aliphatic heterocycles. The van der Waals surface area contributed by atoms with Gasteiger partial charge in [-0.3, -0.25) is 10.1 Å². The second kappa shape index (κ2) is 8.86. The fourth-order valence-corrected chi connectivity index (χ4v) is 4.63. The number of nitro groups is 1. The molecule has 1 aliphatic carbocycles. The lowest BCUT2D eigenvalue weighted by Crippen LogP contribution is -2.94. The molecule has 2 atom stereocenters. The average molecular weight is 416 g/mol. The summed E-state index contributed by atoms with van der Waals surface area (Å²) in [5, 5.41) is 15.9. The molecule has 160 valence electrons. The SMILES string of the molecule is C=CCC(C)(C(=C)/C=C/c1cccc([N+](=O)[O-])c1)C1=c2ccccc2=CCC1(C)[NH2+]C.